The number of rotatable bonds is 3. The fraction of sp³-hybridized carbons (Fsp3) is 0.182. The zero-order chi connectivity index (χ0) is 13.1. The molecule has 0 aliphatic rings. The van der Waals surface area contributed by atoms with Gasteiger partial charge in [-0.25, -0.2) is 15.0 Å². The fourth-order valence-electron chi connectivity index (χ4n) is 1.32. The summed E-state index contributed by atoms with van der Waals surface area (Å²) in [5.41, 5.74) is 7.38. The van der Waals surface area contributed by atoms with Gasteiger partial charge in [-0.1, -0.05) is 41.0 Å². The van der Waals surface area contributed by atoms with E-state index in [1.54, 1.807) is 12.1 Å². The molecule has 2 aromatic heterocycles. The van der Waals surface area contributed by atoms with Gasteiger partial charge >= 0.3 is 0 Å². The van der Waals surface area contributed by atoms with Gasteiger partial charge in [0.1, 0.15) is 16.1 Å². The van der Waals surface area contributed by atoms with Crippen molar-refractivity contribution in [1.29, 1.82) is 0 Å². The van der Waals surface area contributed by atoms with Crippen LogP contribution >= 0.6 is 35.0 Å². The summed E-state index contributed by atoms with van der Waals surface area (Å²) < 4.78 is 0. The van der Waals surface area contributed by atoms with Crippen molar-refractivity contribution < 1.29 is 0 Å². The van der Waals surface area contributed by atoms with Crippen LogP contribution in [0.5, 0.6) is 0 Å². The number of nitrogens with zero attached hydrogens (tertiary/aromatic N) is 3. The molecule has 0 atom stereocenters. The van der Waals surface area contributed by atoms with Gasteiger partial charge in [-0.05, 0) is 18.6 Å². The Hall–Kier alpha value is -1.04. The first-order valence-corrected chi connectivity index (χ1v) is 6.83. The third-order valence-electron chi connectivity index (χ3n) is 2.10. The number of thioether (sulfide) groups is 1. The fourth-order valence-corrected chi connectivity index (χ4v) is 2.71. The van der Waals surface area contributed by atoms with Crippen molar-refractivity contribution in [2.75, 3.05) is 5.73 Å². The Morgan fingerprint density at radius 1 is 1.22 bits per heavy atom. The van der Waals surface area contributed by atoms with E-state index >= 15 is 0 Å². The number of aryl methyl sites for hydroxylation is 1. The van der Waals surface area contributed by atoms with E-state index in [0.717, 1.165) is 11.3 Å². The summed E-state index contributed by atoms with van der Waals surface area (Å²) in [5, 5.41) is 1.40. The van der Waals surface area contributed by atoms with Crippen LogP contribution in [-0.2, 0) is 5.75 Å². The highest BCUT2D eigenvalue weighted by atomic mass is 35.5. The molecule has 0 saturated heterocycles. The van der Waals surface area contributed by atoms with Crippen molar-refractivity contribution in [1.82, 2.24) is 15.0 Å². The summed E-state index contributed by atoms with van der Waals surface area (Å²) in [7, 11) is 0. The topological polar surface area (TPSA) is 64.7 Å². The first-order chi connectivity index (χ1) is 8.54. The van der Waals surface area contributed by atoms with Crippen LogP contribution in [0.4, 0.5) is 5.82 Å². The monoisotopic (exact) mass is 300 g/mol. The van der Waals surface area contributed by atoms with Crippen molar-refractivity contribution in [2.45, 2.75) is 17.8 Å². The van der Waals surface area contributed by atoms with Gasteiger partial charge in [0.25, 0.3) is 0 Å². The Labute approximate surface area is 119 Å². The van der Waals surface area contributed by atoms with E-state index in [1.807, 2.05) is 13.0 Å². The molecule has 0 spiro atoms. The number of pyridine rings is 1. The SMILES string of the molecule is Cc1cc(N)nc(SCc2ccc(Cl)nc2Cl)n1. The lowest BCUT2D eigenvalue weighted by atomic mass is 10.3. The van der Waals surface area contributed by atoms with Crippen molar-refractivity contribution in [2.24, 2.45) is 0 Å². The Kier molecular flexibility index (Phi) is 4.27. The highest BCUT2D eigenvalue weighted by molar-refractivity contribution is 7.98. The molecule has 4 nitrogen and oxygen atoms in total. The van der Waals surface area contributed by atoms with Crippen molar-refractivity contribution in [3.8, 4) is 0 Å². The summed E-state index contributed by atoms with van der Waals surface area (Å²) in [6, 6.07) is 5.26. The smallest absolute Gasteiger partial charge is 0.190 e. The molecule has 0 radical (unpaired) electrons. The maximum Gasteiger partial charge on any atom is 0.190 e. The zero-order valence-corrected chi connectivity index (χ0v) is 11.9. The highest BCUT2D eigenvalue weighted by Gasteiger charge is 2.06. The number of halogens is 2. The van der Waals surface area contributed by atoms with E-state index in [4.69, 9.17) is 28.9 Å². The molecule has 2 rings (SSSR count). The molecule has 0 unspecified atom stereocenters. The van der Waals surface area contributed by atoms with Crippen LogP contribution in [0.25, 0.3) is 0 Å². The molecule has 2 N–H and O–H groups in total. The van der Waals surface area contributed by atoms with Crippen LogP contribution in [0.15, 0.2) is 23.4 Å². The lowest BCUT2D eigenvalue weighted by Crippen LogP contribution is -1.97. The second kappa shape index (κ2) is 5.73. The first kappa shape index (κ1) is 13.4. The van der Waals surface area contributed by atoms with E-state index < -0.39 is 0 Å². The summed E-state index contributed by atoms with van der Waals surface area (Å²) >= 11 is 13.2. The van der Waals surface area contributed by atoms with Gasteiger partial charge in [-0.2, -0.15) is 0 Å². The maximum absolute atomic E-state index is 5.98. The van der Waals surface area contributed by atoms with Crippen molar-refractivity contribution in [3.05, 3.63) is 39.8 Å². The normalized spacial score (nSPS) is 10.6. The lowest BCUT2D eigenvalue weighted by molar-refractivity contribution is 0.940. The number of aromatic nitrogens is 3. The number of anilines is 1. The molecule has 0 saturated carbocycles. The molecule has 0 amide bonds. The molecule has 0 bridgehead atoms. The quantitative estimate of drug-likeness (QED) is 0.535. The third kappa shape index (κ3) is 3.48. The Morgan fingerprint density at radius 3 is 2.67 bits per heavy atom. The molecule has 94 valence electrons. The van der Waals surface area contributed by atoms with Crippen LogP contribution in [0.2, 0.25) is 10.3 Å². The number of hydrogen-bond donors (Lipinski definition) is 1. The number of hydrogen-bond acceptors (Lipinski definition) is 5. The van der Waals surface area contributed by atoms with Gasteiger partial charge in [0, 0.05) is 17.5 Å². The van der Waals surface area contributed by atoms with Crippen LogP contribution in [0, 0.1) is 6.92 Å². The lowest BCUT2D eigenvalue weighted by Gasteiger charge is -2.04. The van der Waals surface area contributed by atoms with Crippen molar-refractivity contribution in [3.63, 3.8) is 0 Å². The molecule has 0 aliphatic heterocycles. The summed E-state index contributed by atoms with van der Waals surface area (Å²) in [6.07, 6.45) is 0. The van der Waals surface area contributed by atoms with Crippen LogP contribution in [-0.4, -0.2) is 15.0 Å². The van der Waals surface area contributed by atoms with Gasteiger partial charge < -0.3 is 5.73 Å². The summed E-state index contributed by atoms with van der Waals surface area (Å²) in [4.78, 5) is 12.4. The van der Waals surface area contributed by atoms with E-state index in [9.17, 15) is 0 Å². The molecule has 0 fully saturated rings. The molecule has 18 heavy (non-hydrogen) atoms. The molecular weight excluding hydrogens is 291 g/mol. The van der Waals surface area contributed by atoms with Crippen LogP contribution in [0.3, 0.4) is 0 Å². The Balaban J connectivity index is 2.11. The second-order valence-electron chi connectivity index (χ2n) is 3.59. The molecule has 2 heterocycles. The predicted octanol–water partition coefficient (Wildman–Crippen LogP) is 3.36. The zero-order valence-electron chi connectivity index (χ0n) is 9.52. The largest absolute Gasteiger partial charge is 0.384 e. The predicted molar refractivity (Wildman–Crippen MR) is 75.0 cm³/mol. The Bertz CT molecular complexity index is 557. The van der Waals surface area contributed by atoms with E-state index in [-0.39, 0.29) is 0 Å². The summed E-state index contributed by atoms with van der Waals surface area (Å²) in [5.74, 6) is 1.08. The van der Waals surface area contributed by atoms with Gasteiger partial charge in [0.2, 0.25) is 0 Å². The Morgan fingerprint density at radius 2 is 2.00 bits per heavy atom. The second-order valence-corrected chi connectivity index (χ2v) is 5.28. The third-order valence-corrected chi connectivity index (χ3v) is 3.54. The minimum atomic E-state index is 0.379. The first-order valence-electron chi connectivity index (χ1n) is 5.09. The minimum Gasteiger partial charge on any atom is -0.384 e. The summed E-state index contributed by atoms with van der Waals surface area (Å²) in [6.45, 7) is 1.87. The van der Waals surface area contributed by atoms with E-state index in [2.05, 4.69) is 15.0 Å². The molecule has 2 aromatic rings. The number of nitrogen functional groups attached to an aromatic ring is 1. The van der Waals surface area contributed by atoms with Crippen molar-refractivity contribution >= 4 is 40.8 Å². The van der Waals surface area contributed by atoms with Gasteiger partial charge in [-0.15, -0.1) is 0 Å². The van der Waals surface area contributed by atoms with Gasteiger partial charge in [-0.3, -0.25) is 0 Å². The van der Waals surface area contributed by atoms with Crippen LogP contribution in [0.1, 0.15) is 11.3 Å². The minimum absolute atomic E-state index is 0.379. The molecule has 0 aliphatic carbocycles. The standard InChI is InChI=1S/C11H10Cl2N4S/c1-6-4-9(14)17-11(15-6)18-5-7-2-3-8(12)16-10(7)13/h2-4H,5H2,1H3,(H2,14,15,17). The van der Waals surface area contributed by atoms with Crippen LogP contribution < -0.4 is 5.73 Å². The highest BCUT2D eigenvalue weighted by Crippen LogP contribution is 2.25. The molecule has 7 heteroatoms. The van der Waals surface area contributed by atoms with E-state index in [1.165, 1.54) is 11.8 Å². The number of nitrogens with two attached hydrogens (primary N) is 1. The van der Waals surface area contributed by atoms with Gasteiger partial charge in [0.15, 0.2) is 5.16 Å². The average Bonchev–Trinajstić information content (AvgIpc) is 2.26. The average molecular weight is 301 g/mol. The van der Waals surface area contributed by atoms with E-state index in [0.29, 0.717) is 27.0 Å². The van der Waals surface area contributed by atoms with Gasteiger partial charge in [0.05, 0.1) is 0 Å². The maximum atomic E-state index is 5.98. The molecular formula is C11H10Cl2N4S. The molecule has 0 aromatic carbocycles.